The number of likely N-dealkylation sites (tertiary alicyclic amines) is 2. The van der Waals surface area contributed by atoms with Crippen LogP contribution in [0.2, 0.25) is 0 Å². The lowest BCUT2D eigenvalue weighted by Gasteiger charge is -2.47. The highest BCUT2D eigenvalue weighted by Crippen LogP contribution is 2.43. The Labute approximate surface area is 220 Å². The van der Waals surface area contributed by atoms with E-state index in [1.165, 1.54) is 24.3 Å². The van der Waals surface area contributed by atoms with Gasteiger partial charge in [-0.05, 0) is 51.1 Å². The zero-order chi connectivity index (χ0) is 27.0. The minimum atomic E-state index is -0.833. The first kappa shape index (κ1) is 25.6. The SMILES string of the molecule is C=CC(=O)N1CC2(CCN(c3nc(OCC4CCCN4C)nc(-c4c(F)cccc4C(N)=O)c3C#N)C2)C1. The summed E-state index contributed by atoms with van der Waals surface area (Å²) in [6.45, 7) is 7.19. The molecule has 1 aromatic carbocycles. The van der Waals surface area contributed by atoms with Gasteiger partial charge >= 0.3 is 6.01 Å². The van der Waals surface area contributed by atoms with Gasteiger partial charge in [-0.15, -0.1) is 0 Å². The number of nitrogens with two attached hydrogens (primary N) is 1. The van der Waals surface area contributed by atoms with Crippen LogP contribution in [0.15, 0.2) is 30.9 Å². The molecule has 5 rings (SSSR count). The molecule has 1 unspecified atom stereocenters. The fraction of sp³-hybridized carbons (Fsp3) is 0.444. The first-order valence-electron chi connectivity index (χ1n) is 12.7. The lowest BCUT2D eigenvalue weighted by atomic mass is 9.79. The van der Waals surface area contributed by atoms with Crippen LogP contribution in [0.4, 0.5) is 10.2 Å². The molecule has 0 bridgehead atoms. The van der Waals surface area contributed by atoms with Crippen LogP contribution in [0.5, 0.6) is 6.01 Å². The van der Waals surface area contributed by atoms with Gasteiger partial charge < -0.3 is 25.2 Å². The number of amides is 2. The number of carbonyl (C=O) groups is 2. The van der Waals surface area contributed by atoms with Crippen LogP contribution in [0.3, 0.4) is 0 Å². The molecule has 10 nitrogen and oxygen atoms in total. The lowest BCUT2D eigenvalue weighted by molar-refractivity contribution is -0.136. The van der Waals surface area contributed by atoms with Gasteiger partial charge in [0.2, 0.25) is 11.8 Å². The second-order valence-corrected chi connectivity index (χ2v) is 10.3. The third-order valence-electron chi connectivity index (χ3n) is 7.85. The summed E-state index contributed by atoms with van der Waals surface area (Å²) in [6, 6.07) is 6.32. The minimum absolute atomic E-state index is 0.00555. The van der Waals surface area contributed by atoms with Gasteiger partial charge in [0.05, 0.1) is 11.1 Å². The Morgan fingerprint density at radius 3 is 2.76 bits per heavy atom. The summed E-state index contributed by atoms with van der Waals surface area (Å²) < 4.78 is 21.2. The molecule has 2 N–H and O–H groups in total. The third-order valence-corrected chi connectivity index (χ3v) is 7.85. The van der Waals surface area contributed by atoms with E-state index in [0.29, 0.717) is 38.6 Å². The van der Waals surface area contributed by atoms with Crippen LogP contribution < -0.4 is 15.4 Å². The molecular weight excluding hydrogens is 489 g/mol. The van der Waals surface area contributed by atoms with Gasteiger partial charge in [-0.3, -0.25) is 9.59 Å². The zero-order valence-electron chi connectivity index (χ0n) is 21.3. The molecule has 1 atom stereocenters. The molecule has 4 heterocycles. The van der Waals surface area contributed by atoms with E-state index in [9.17, 15) is 14.9 Å². The number of hydrogen-bond donors (Lipinski definition) is 1. The highest BCUT2D eigenvalue weighted by atomic mass is 19.1. The van der Waals surface area contributed by atoms with Gasteiger partial charge in [0.25, 0.3) is 0 Å². The van der Waals surface area contributed by atoms with E-state index < -0.39 is 11.7 Å². The zero-order valence-corrected chi connectivity index (χ0v) is 21.3. The average Bonchev–Trinajstić information content (AvgIpc) is 3.52. The molecule has 0 radical (unpaired) electrons. The van der Waals surface area contributed by atoms with E-state index in [0.717, 1.165) is 25.8 Å². The Hall–Kier alpha value is -4.04. The smallest absolute Gasteiger partial charge is 0.319 e. The van der Waals surface area contributed by atoms with E-state index in [2.05, 4.69) is 27.5 Å². The van der Waals surface area contributed by atoms with Crippen molar-refractivity contribution in [2.24, 2.45) is 11.1 Å². The first-order valence-corrected chi connectivity index (χ1v) is 12.7. The number of nitriles is 1. The molecule has 2 amide bonds. The summed E-state index contributed by atoms with van der Waals surface area (Å²) >= 11 is 0. The molecule has 2 aromatic rings. The van der Waals surface area contributed by atoms with Crippen LogP contribution >= 0.6 is 0 Å². The molecule has 3 fully saturated rings. The summed E-state index contributed by atoms with van der Waals surface area (Å²) in [5, 5.41) is 10.2. The summed E-state index contributed by atoms with van der Waals surface area (Å²) in [5.74, 6) is -1.35. The molecule has 1 spiro atoms. The standard InChI is InChI=1S/C27H30FN7O3/c1-3-21(36)35-15-27(16-35)9-11-34(14-27)25-19(12-29)23(22-18(24(30)37)7-4-8-20(22)28)31-26(32-25)38-13-17-6-5-10-33(17)2/h3-4,7-8,17H,1,5-6,9-11,13-16H2,2H3,(H2,30,37). The number of hydrogen-bond acceptors (Lipinski definition) is 8. The van der Waals surface area contributed by atoms with Crippen LogP contribution in [-0.4, -0.2) is 84.0 Å². The van der Waals surface area contributed by atoms with Crippen LogP contribution in [0.1, 0.15) is 35.2 Å². The number of aromatic nitrogens is 2. The number of ether oxygens (including phenoxy) is 1. The van der Waals surface area contributed by atoms with E-state index in [1.807, 2.05) is 11.9 Å². The summed E-state index contributed by atoms with van der Waals surface area (Å²) in [7, 11) is 2.03. The highest BCUT2D eigenvalue weighted by molar-refractivity contribution is 6.00. The molecule has 3 saturated heterocycles. The highest BCUT2D eigenvalue weighted by Gasteiger charge is 2.49. The van der Waals surface area contributed by atoms with Crippen LogP contribution in [0, 0.1) is 22.6 Å². The maximum atomic E-state index is 15.2. The van der Waals surface area contributed by atoms with Gasteiger partial charge in [-0.25, -0.2) is 4.39 Å². The van der Waals surface area contributed by atoms with Crippen LogP contribution in [0.25, 0.3) is 11.3 Å². The van der Waals surface area contributed by atoms with Crippen molar-refractivity contribution in [1.29, 1.82) is 5.26 Å². The Kier molecular flexibility index (Phi) is 6.75. The van der Waals surface area contributed by atoms with E-state index >= 15 is 4.39 Å². The van der Waals surface area contributed by atoms with Crippen LogP contribution in [-0.2, 0) is 4.79 Å². The number of primary amides is 1. The number of nitrogens with zero attached hydrogens (tertiary/aromatic N) is 6. The summed E-state index contributed by atoms with van der Waals surface area (Å²) in [5.41, 5.74) is 5.21. The maximum absolute atomic E-state index is 15.2. The lowest BCUT2D eigenvalue weighted by Crippen LogP contribution is -2.59. The van der Waals surface area contributed by atoms with E-state index in [4.69, 9.17) is 10.5 Å². The predicted octanol–water partition coefficient (Wildman–Crippen LogP) is 1.95. The molecule has 0 saturated carbocycles. The van der Waals surface area contributed by atoms with Gasteiger partial charge in [0, 0.05) is 37.6 Å². The number of rotatable bonds is 7. The van der Waals surface area contributed by atoms with Crippen molar-refractivity contribution in [3.63, 3.8) is 0 Å². The Balaban J connectivity index is 1.54. The fourth-order valence-electron chi connectivity index (χ4n) is 5.76. The molecule has 3 aliphatic rings. The van der Waals surface area contributed by atoms with Crippen molar-refractivity contribution >= 4 is 17.6 Å². The average molecular weight is 520 g/mol. The molecule has 1 aromatic heterocycles. The Bertz CT molecular complexity index is 1330. The van der Waals surface area contributed by atoms with Crippen molar-refractivity contribution in [1.82, 2.24) is 19.8 Å². The summed E-state index contributed by atoms with van der Waals surface area (Å²) in [4.78, 5) is 39.1. The van der Waals surface area contributed by atoms with E-state index in [-0.39, 0.29) is 45.8 Å². The topological polar surface area (TPSA) is 129 Å². The molecule has 3 aliphatic heterocycles. The quantitative estimate of drug-likeness (QED) is 0.550. The summed E-state index contributed by atoms with van der Waals surface area (Å²) in [6.07, 6.45) is 4.14. The monoisotopic (exact) mass is 519 g/mol. The molecule has 11 heteroatoms. The van der Waals surface area contributed by atoms with Gasteiger partial charge in [-0.2, -0.15) is 15.2 Å². The molecular formula is C27H30FN7O3. The molecule has 0 aliphatic carbocycles. The molecule has 198 valence electrons. The first-order chi connectivity index (χ1) is 18.2. The third kappa shape index (κ3) is 4.56. The van der Waals surface area contributed by atoms with Gasteiger partial charge in [-0.1, -0.05) is 12.6 Å². The predicted molar refractivity (Wildman–Crippen MR) is 138 cm³/mol. The van der Waals surface area contributed by atoms with Crippen molar-refractivity contribution < 1.29 is 18.7 Å². The second-order valence-electron chi connectivity index (χ2n) is 10.3. The van der Waals surface area contributed by atoms with Crippen molar-refractivity contribution in [2.75, 3.05) is 51.3 Å². The van der Waals surface area contributed by atoms with Crippen molar-refractivity contribution in [3.05, 3.63) is 47.8 Å². The normalized spacial score (nSPS) is 20.3. The van der Waals surface area contributed by atoms with Gasteiger partial charge in [0.1, 0.15) is 29.8 Å². The van der Waals surface area contributed by atoms with Gasteiger partial charge in [0.15, 0.2) is 5.82 Å². The maximum Gasteiger partial charge on any atom is 0.319 e. The minimum Gasteiger partial charge on any atom is -0.462 e. The Morgan fingerprint density at radius 1 is 1.32 bits per heavy atom. The Morgan fingerprint density at radius 2 is 2.11 bits per heavy atom. The molecule has 38 heavy (non-hydrogen) atoms. The number of likely N-dealkylation sites (N-methyl/N-ethyl adjacent to an activating group) is 1. The van der Waals surface area contributed by atoms with E-state index in [1.54, 1.807) is 4.90 Å². The second kappa shape index (κ2) is 10.0. The number of benzene rings is 1. The number of halogens is 1. The number of anilines is 1. The van der Waals surface area contributed by atoms with Crippen molar-refractivity contribution in [3.8, 4) is 23.3 Å². The fourth-order valence-corrected chi connectivity index (χ4v) is 5.76. The number of carbonyl (C=O) groups excluding carboxylic acids is 2. The van der Waals surface area contributed by atoms with Crippen molar-refractivity contribution in [2.45, 2.75) is 25.3 Å². The largest absolute Gasteiger partial charge is 0.462 e.